The third-order valence-corrected chi connectivity index (χ3v) is 2.58. The van der Waals surface area contributed by atoms with Crippen LogP contribution in [-0.4, -0.2) is 36.5 Å². The van der Waals surface area contributed by atoms with Gasteiger partial charge in [0.2, 0.25) is 0 Å². The molecule has 2 rings (SSSR count). The highest BCUT2D eigenvalue weighted by Gasteiger charge is 2.24. The van der Waals surface area contributed by atoms with Gasteiger partial charge in [0.05, 0.1) is 29.7 Å². The molecule has 2 heterocycles. The van der Waals surface area contributed by atoms with Gasteiger partial charge in [-0.25, -0.2) is 9.97 Å². The molecule has 0 aliphatic rings. The summed E-state index contributed by atoms with van der Waals surface area (Å²) in [6, 6.07) is 1.76. The number of nitriles is 1. The lowest BCUT2D eigenvalue weighted by atomic mass is 10.1. The number of hydrogen-bond donors (Lipinski definition) is 3. The number of fused-ring (bicyclic) bond motifs is 1. The third kappa shape index (κ3) is 2.06. The van der Waals surface area contributed by atoms with E-state index in [2.05, 4.69) is 20.2 Å². The first-order valence-corrected chi connectivity index (χ1v) is 5.10. The fourth-order valence-corrected chi connectivity index (χ4v) is 1.68. The molecule has 3 N–H and O–H groups in total. The minimum atomic E-state index is -1.29. The average molecular weight is 254 g/mol. The molecule has 0 radical (unpaired) electrons. The smallest absolute Gasteiger partial charge is 0.185 e. The summed E-state index contributed by atoms with van der Waals surface area (Å²) in [4.78, 5) is 7.62. The maximum Gasteiger partial charge on any atom is 0.185 e. The van der Waals surface area contributed by atoms with Gasteiger partial charge in [0.15, 0.2) is 5.65 Å². The van der Waals surface area contributed by atoms with Gasteiger partial charge in [0.1, 0.15) is 17.6 Å². The molecule has 0 amide bonds. The Morgan fingerprint density at radius 1 is 1.47 bits per heavy atom. The number of aromatic amines is 1. The van der Waals surface area contributed by atoms with Crippen molar-refractivity contribution < 1.29 is 10.2 Å². The Labute approximate surface area is 101 Å². The van der Waals surface area contributed by atoms with Gasteiger partial charge in [-0.2, -0.15) is 10.4 Å². The SMILES string of the molecule is N#CCC(O)C(O)c1[nH]nc2ncnc(Cl)c12. The molecule has 7 nitrogen and oxygen atoms in total. The maximum atomic E-state index is 9.84. The van der Waals surface area contributed by atoms with E-state index < -0.39 is 12.2 Å². The van der Waals surface area contributed by atoms with Crippen molar-refractivity contribution in [3.63, 3.8) is 0 Å². The van der Waals surface area contributed by atoms with Crippen LogP contribution in [0, 0.1) is 11.3 Å². The van der Waals surface area contributed by atoms with E-state index >= 15 is 0 Å². The molecule has 17 heavy (non-hydrogen) atoms. The molecule has 0 spiro atoms. The molecule has 0 bridgehead atoms. The molecule has 2 atom stereocenters. The van der Waals surface area contributed by atoms with Crippen LogP contribution in [0.3, 0.4) is 0 Å². The number of aliphatic hydroxyl groups is 2. The van der Waals surface area contributed by atoms with Crippen molar-refractivity contribution in [1.82, 2.24) is 20.2 Å². The van der Waals surface area contributed by atoms with Crippen molar-refractivity contribution >= 4 is 22.6 Å². The zero-order valence-corrected chi connectivity index (χ0v) is 9.26. The lowest BCUT2D eigenvalue weighted by Gasteiger charge is -2.13. The molecule has 8 heteroatoms. The first kappa shape index (κ1) is 11.7. The zero-order valence-electron chi connectivity index (χ0n) is 8.50. The highest BCUT2D eigenvalue weighted by molar-refractivity contribution is 6.34. The molecular weight excluding hydrogens is 246 g/mol. The van der Waals surface area contributed by atoms with Crippen LogP contribution in [0.25, 0.3) is 11.0 Å². The van der Waals surface area contributed by atoms with Gasteiger partial charge in [-0.05, 0) is 0 Å². The Kier molecular flexibility index (Phi) is 3.19. The molecule has 0 aromatic carbocycles. The Morgan fingerprint density at radius 3 is 2.94 bits per heavy atom. The van der Waals surface area contributed by atoms with E-state index in [9.17, 15) is 10.2 Å². The van der Waals surface area contributed by atoms with E-state index in [1.165, 1.54) is 6.33 Å². The predicted octanol–water partition coefficient (Wildman–Crippen LogP) is 0.314. The first-order valence-electron chi connectivity index (χ1n) is 4.72. The lowest BCUT2D eigenvalue weighted by Crippen LogP contribution is -2.18. The quantitative estimate of drug-likeness (QED) is 0.678. The van der Waals surface area contributed by atoms with Crippen LogP contribution < -0.4 is 0 Å². The number of nitrogens with one attached hydrogen (secondary N) is 1. The molecule has 0 aliphatic carbocycles. The number of hydrogen-bond acceptors (Lipinski definition) is 6. The summed E-state index contributed by atoms with van der Waals surface area (Å²) in [7, 11) is 0. The second-order valence-electron chi connectivity index (χ2n) is 3.37. The summed E-state index contributed by atoms with van der Waals surface area (Å²) < 4.78 is 0. The van der Waals surface area contributed by atoms with Crippen molar-refractivity contribution in [3.05, 3.63) is 17.2 Å². The summed E-state index contributed by atoms with van der Waals surface area (Å²) in [5, 5.41) is 34.7. The number of aliphatic hydroxyl groups excluding tert-OH is 2. The molecule has 0 aliphatic heterocycles. The summed E-state index contributed by atoms with van der Waals surface area (Å²) in [5.74, 6) is 0. The standard InChI is InChI=1S/C9H8ClN5O2/c10-8-5-6(7(17)4(16)1-2-11)14-15-9(5)13-3-12-8/h3-4,7,16-17H,1H2,(H,12,13,14,15). The Balaban J connectivity index is 2.46. The van der Waals surface area contributed by atoms with E-state index in [1.807, 2.05) is 0 Å². The monoisotopic (exact) mass is 253 g/mol. The summed E-state index contributed by atoms with van der Waals surface area (Å²) in [6.45, 7) is 0. The van der Waals surface area contributed by atoms with Gasteiger partial charge in [-0.15, -0.1) is 0 Å². The molecular formula is C9H8ClN5O2. The van der Waals surface area contributed by atoms with Gasteiger partial charge < -0.3 is 10.2 Å². The van der Waals surface area contributed by atoms with E-state index in [0.29, 0.717) is 11.0 Å². The van der Waals surface area contributed by atoms with E-state index in [0.717, 1.165) is 0 Å². The predicted molar refractivity (Wildman–Crippen MR) is 57.9 cm³/mol. The highest BCUT2D eigenvalue weighted by Crippen LogP contribution is 2.27. The van der Waals surface area contributed by atoms with Crippen LogP contribution in [-0.2, 0) is 0 Å². The molecule has 0 saturated heterocycles. The number of aromatic nitrogens is 4. The van der Waals surface area contributed by atoms with Gasteiger partial charge in [-0.1, -0.05) is 11.6 Å². The van der Waals surface area contributed by atoms with Gasteiger partial charge in [0.25, 0.3) is 0 Å². The topological polar surface area (TPSA) is 119 Å². The van der Waals surface area contributed by atoms with Crippen molar-refractivity contribution in [2.75, 3.05) is 0 Å². The average Bonchev–Trinajstić information content (AvgIpc) is 2.73. The number of rotatable bonds is 3. The van der Waals surface area contributed by atoms with E-state index in [1.54, 1.807) is 6.07 Å². The minimum absolute atomic E-state index is 0.127. The number of H-pyrrole nitrogens is 1. The molecule has 2 aromatic heterocycles. The number of nitrogens with zero attached hydrogens (tertiary/aromatic N) is 4. The number of halogens is 1. The molecule has 0 saturated carbocycles. The normalized spacial score (nSPS) is 14.5. The van der Waals surface area contributed by atoms with E-state index in [4.69, 9.17) is 16.9 Å². The maximum absolute atomic E-state index is 9.84. The third-order valence-electron chi connectivity index (χ3n) is 2.29. The fourth-order valence-electron chi connectivity index (χ4n) is 1.45. The van der Waals surface area contributed by atoms with Crippen molar-refractivity contribution in [2.24, 2.45) is 0 Å². The molecule has 2 unspecified atom stereocenters. The first-order chi connectivity index (χ1) is 8.15. The van der Waals surface area contributed by atoms with Crippen LogP contribution in [0.2, 0.25) is 5.15 Å². The Hall–Kier alpha value is -1.75. The summed E-state index contributed by atoms with van der Waals surface area (Å²) in [5.41, 5.74) is 0.497. The largest absolute Gasteiger partial charge is 0.389 e. The molecule has 0 fully saturated rings. The van der Waals surface area contributed by atoms with Crippen LogP contribution >= 0.6 is 11.6 Å². The van der Waals surface area contributed by atoms with Gasteiger partial charge in [-0.3, -0.25) is 5.10 Å². The lowest BCUT2D eigenvalue weighted by molar-refractivity contribution is 0.0198. The second-order valence-corrected chi connectivity index (χ2v) is 3.73. The van der Waals surface area contributed by atoms with Crippen LogP contribution in [0.4, 0.5) is 0 Å². The highest BCUT2D eigenvalue weighted by atomic mass is 35.5. The zero-order chi connectivity index (χ0) is 12.4. The van der Waals surface area contributed by atoms with Gasteiger partial charge in [0, 0.05) is 0 Å². The van der Waals surface area contributed by atoms with Crippen LogP contribution in [0.5, 0.6) is 0 Å². The Bertz CT molecular complexity index is 578. The van der Waals surface area contributed by atoms with E-state index in [-0.39, 0.29) is 17.3 Å². The van der Waals surface area contributed by atoms with Crippen molar-refractivity contribution in [2.45, 2.75) is 18.6 Å². The summed E-state index contributed by atoms with van der Waals surface area (Å²) in [6.07, 6.45) is -1.47. The van der Waals surface area contributed by atoms with Crippen molar-refractivity contribution in [3.8, 4) is 6.07 Å². The van der Waals surface area contributed by atoms with Gasteiger partial charge >= 0.3 is 0 Å². The Morgan fingerprint density at radius 2 is 2.24 bits per heavy atom. The van der Waals surface area contributed by atoms with Crippen LogP contribution in [0.15, 0.2) is 6.33 Å². The molecule has 88 valence electrons. The fraction of sp³-hybridized carbons (Fsp3) is 0.333. The van der Waals surface area contributed by atoms with Crippen LogP contribution in [0.1, 0.15) is 18.2 Å². The molecule has 2 aromatic rings. The second kappa shape index (κ2) is 4.63. The minimum Gasteiger partial charge on any atom is -0.389 e. The summed E-state index contributed by atoms with van der Waals surface area (Å²) >= 11 is 5.86. The van der Waals surface area contributed by atoms with Crippen molar-refractivity contribution in [1.29, 1.82) is 5.26 Å².